The van der Waals surface area contributed by atoms with Crippen LogP contribution in [0.5, 0.6) is 5.75 Å². The van der Waals surface area contributed by atoms with E-state index in [-0.39, 0.29) is 6.04 Å². The molecule has 92 valence electrons. The Hall–Kier alpha value is -1.78. The minimum absolute atomic E-state index is 0.0918. The normalized spacial score (nSPS) is 12.8. The number of fused-ring (bicyclic) bond motifs is 1. The van der Waals surface area contributed by atoms with E-state index in [0.29, 0.717) is 0 Å². The fraction of sp³-hybridized carbons (Fsp3) is 0.143. The van der Waals surface area contributed by atoms with E-state index in [4.69, 9.17) is 10.5 Å². The Kier molecular flexibility index (Phi) is 2.81. The first-order valence-corrected chi connectivity index (χ1v) is 6.61. The molecule has 3 aromatic rings. The van der Waals surface area contributed by atoms with Crippen molar-refractivity contribution in [3.63, 3.8) is 0 Å². The maximum atomic E-state index is 6.31. The largest absolute Gasteiger partial charge is 0.497 e. The number of ether oxygens (including phenoxy) is 1. The van der Waals surface area contributed by atoms with Gasteiger partial charge in [0, 0.05) is 22.0 Å². The van der Waals surface area contributed by atoms with Crippen LogP contribution in [0.3, 0.4) is 0 Å². The number of thiophene rings is 1. The Bertz CT molecular complexity index is 658. The van der Waals surface area contributed by atoms with Crippen LogP contribution in [-0.4, -0.2) is 12.1 Å². The summed E-state index contributed by atoms with van der Waals surface area (Å²) in [7, 11) is 1.67. The van der Waals surface area contributed by atoms with E-state index in [9.17, 15) is 0 Å². The molecule has 3 nitrogen and oxygen atoms in total. The van der Waals surface area contributed by atoms with Crippen molar-refractivity contribution < 1.29 is 4.74 Å². The lowest BCUT2D eigenvalue weighted by molar-refractivity contribution is 0.415. The number of methoxy groups -OCH3 is 1. The van der Waals surface area contributed by atoms with Gasteiger partial charge in [-0.05, 0) is 35.2 Å². The van der Waals surface area contributed by atoms with Crippen LogP contribution >= 0.6 is 11.3 Å². The van der Waals surface area contributed by atoms with Gasteiger partial charge in [0.2, 0.25) is 0 Å². The van der Waals surface area contributed by atoms with E-state index in [2.05, 4.69) is 11.1 Å². The molecule has 3 N–H and O–H groups in total. The predicted octanol–water partition coefficient (Wildman–Crippen LogP) is 3.29. The maximum Gasteiger partial charge on any atom is 0.119 e. The van der Waals surface area contributed by atoms with Crippen LogP contribution in [0.25, 0.3) is 10.9 Å². The van der Waals surface area contributed by atoms with E-state index in [0.717, 1.165) is 22.2 Å². The summed E-state index contributed by atoms with van der Waals surface area (Å²) in [6.45, 7) is 0. The molecule has 0 amide bonds. The molecule has 1 atom stereocenters. The molecule has 0 saturated heterocycles. The second-order valence-electron chi connectivity index (χ2n) is 4.15. The number of nitrogens with two attached hydrogens (primary N) is 1. The number of rotatable bonds is 3. The van der Waals surface area contributed by atoms with Crippen molar-refractivity contribution in [2.24, 2.45) is 5.73 Å². The van der Waals surface area contributed by atoms with Gasteiger partial charge in [0.1, 0.15) is 5.75 Å². The second-order valence-corrected chi connectivity index (χ2v) is 5.13. The van der Waals surface area contributed by atoms with Gasteiger partial charge in [0.15, 0.2) is 0 Å². The van der Waals surface area contributed by atoms with E-state index in [1.54, 1.807) is 18.4 Å². The number of hydrogen-bond acceptors (Lipinski definition) is 3. The average molecular weight is 258 g/mol. The highest BCUT2D eigenvalue weighted by Gasteiger charge is 2.14. The quantitative estimate of drug-likeness (QED) is 0.757. The summed E-state index contributed by atoms with van der Waals surface area (Å²) in [6, 6.07) is 9.97. The molecule has 0 unspecified atom stereocenters. The summed E-state index contributed by atoms with van der Waals surface area (Å²) < 4.78 is 5.27. The van der Waals surface area contributed by atoms with Gasteiger partial charge in [0.05, 0.1) is 13.2 Å². The monoisotopic (exact) mass is 258 g/mol. The van der Waals surface area contributed by atoms with Crippen molar-refractivity contribution >= 4 is 22.2 Å². The molecule has 0 bridgehead atoms. The van der Waals surface area contributed by atoms with E-state index in [1.807, 2.05) is 35.8 Å². The maximum absolute atomic E-state index is 6.31. The number of H-pyrrole nitrogens is 1. The third-order valence-electron chi connectivity index (χ3n) is 3.11. The lowest BCUT2D eigenvalue weighted by atomic mass is 10.1. The molecule has 0 fully saturated rings. The van der Waals surface area contributed by atoms with Crippen LogP contribution in [0.1, 0.15) is 16.5 Å². The van der Waals surface area contributed by atoms with Crippen molar-refractivity contribution in [3.8, 4) is 5.75 Å². The molecule has 0 saturated carbocycles. The molecular weight excluding hydrogens is 244 g/mol. The molecule has 0 radical (unpaired) electrons. The summed E-state index contributed by atoms with van der Waals surface area (Å²) in [5.41, 5.74) is 8.50. The predicted molar refractivity (Wildman–Crippen MR) is 75.2 cm³/mol. The second kappa shape index (κ2) is 4.48. The summed E-state index contributed by atoms with van der Waals surface area (Å²) in [5, 5.41) is 3.17. The standard InChI is InChI=1S/C14H14N2OS/c1-17-9-4-5-12-10(7-9)11(8-16-12)14(15)13-3-2-6-18-13/h2-8,14,16H,15H2,1H3/t14-/m1/s1. The van der Waals surface area contributed by atoms with Gasteiger partial charge in [-0.2, -0.15) is 0 Å². The first kappa shape index (κ1) is 11.3. The Morgan fingerprint density at radius 1 is 1.33 bits per heavy atom. The molecule has 0 aliphatic carbocycles. The van der Waals surface area contributed by atoms with Crippen molar-refractivity contribution in [3.05, 3.63) is 52.3 Å². The lowest BCUT2D eigenvalue weighted by Gasteiger charge is -2.08. The molecule has 3 rings (SSSR count). The van der Waals surface area contributed by atoms with Crippen LogP contribution in [0.4, 0.5) is 0 Å². The molecule has 0 aliphatic rings. The highest BCUT2D eigenvalue weighted by atomic mass is 32.1. The number of aromatic nitrogens is 1. The minimum atomic E-state index is -0.0918. The number of nitrogens with one attached hydrogen (secondary N) is 1. The zero-order chi connectivity index (χ0) is 12.5. The smallest absolute Gasteiger partial charge is 0.119 e. The molecule has 2 aromatic heterocycles. The van der Waals surface area contributed by atoms with Crippen LogP contribution in [-0.2, 0) is 0 Å². The van der Waals surface area contributed by atoms with Crippen molar-refractivity contribution in [2.45, 2.75) is 6.04 Å². The first-order valence-electron chi connectivity index (χ1n) is 5.73. The molecule has 0 aliphatic heterocycles. The molecular formula is C14H14N2OS. The number of benzene rings is 1. The number of hydrogen-bond donors (Lipinski definition) is 2. The van der Waals surface area contributed by atoms with Crippen molar-refractivity contribution in [1.82, 2.24) is 4.98 Å². The summed E-state index contributed by atoms with van der Waals surface area (Å²) >= 11 is 1.68. The Morgan fingerprint density at radius 3 is 2.94 bits per heavy atom. The highest BCUT2D eigenvalue weighted by Crippen LogP contribution is 2.31. The Labute approximate surface area is 109 Å². The van der Waals surface area contributed by atoms with Gasteiger partial charge in [0.25, 0.3) is 0 Å². The van der Waals surface area contributed by atoms with Crippen LogP contribution < -0.4 is 10.5 Å². The van der Waals surface area contributed by atoms with Gasteiger partial charge in [-0.3, -0.25) is 0 Å². The fourth-order valence-electron chi connectivity index (χ4n) is 2.13. The van der Waals surface area contributed by atoms with E-state index < -0.39 is 0 Å². The highest BCUT2D eigenvalue weighted by molar-refractivity contribution is 7.10. The molecule has 18 heavy (non-hydrogen) atoms. The SMILES string of the molecule is COc1ccc2[nH]cc([C@@H](N)c3cccs3)c2c1. The first-order chi connectivity index (χ1) is 8.79. The minimum Gasteiger partial charge on any atom is -0.497 e. The zero-order valence-electron chi connectivity index (χ0n) is 10.0. The van der Waals surface area contributed by atoms with Gasteiger partial charge >= 0.3 is 0 Å². The summed E-state index contributed by atoms with van der Waals surface area (Å²) in [5.74, 6) is 0.849. The average Bonchev–Trinajstić information content (AvgIpc) is 3.06. The van der Waals surface area contributed by atoms with E-state index in [1.165, 1.54) is 4.88 Å². The van der Waals surface area contributed by atoms with Crippen LogP contribution in [0.15, 0.2) is 41.9 Å². The molecule has 0 spiro atoms. The lowest BCUT2D eigenvalue weighted by Crippen LogP contribution is -2.09. The van der Waals surface area contributed by atoms with Crippen molar-refractivity contribution in [2.75, 3.05) is 7.11 Å². The van der Waals surface area contributed by atoms with Gasteiger partial charge in [-0.1, -0.05) is 6.07 Å². The Balaban J connectivity index is 2.11. The van der Waals surface area contributed by atoms with Crippen LogP contribution in [0, 0.1) is 0 Å². The van der Waals surface area contributed by atoms with Gasteiger partial charge in [-0.15, -0.1) is 11.3 Å². The molecule has 1 aromatic carbocycles. The third-order valence-corrected chi connectivity index (χ3v) is 4.06. The van der Waals surface area contributed by atoms with Crippen molar-refractivity contribution in [1.29, 1.82) is 0 Å². The topological polar surface area (TPSA) is 51.0 Å². The fourth-order valence-corrected chi connectivity index (χ4v) is 2.87. The van der Waals surface area contributed by atoms with Crippen LogP contribution in [0.2, 0.25) is 0 Å². The van der Waals surface area contributed by atoms with E-state index >= 15 is 0 Å². The summed E-state index contributed by atoms with van der Waals surface area (Å²) in [6.07, 6.45) is 1.98. The van der Waals surface area contributed by atoms with Gasteiger partial charge < -0.3 is 15.5 Å². The molecule has 4 heteroatoms. The summed E-state index contributed by atoms with van der Waals surface area (Å²) in [4.78, 5) is 4.42. The molecule has 2 heterocycles. The third kappa shape index (κ3) is 1.79. The number of aromatic amines is 1. The zero-order valence-corrected chi connectivity index (χ0v) is 10.8. The Morgan fingerprint density at radius 2 is 2.22 bits per heavy atom. The van der Waals surface area contributed by atoms with Gasteiger partial charge in [-0.25, -0.2) is 0 Å².